The fourth-order valence-corrected chi connectivity index (χ4v) is 3.11. The molecule has 0 aromatic heterocycles. The monoisotopic (exact) mass is 410 g/mol. The summed E-state index contributed by atoms with van der Waals surface area (Å²) in [6.07, 6.45) is 0.664. The van der Waals surface area contributed by atoms with Crippen molar-refractivity contribution in [3.05, 3.63) is 65.2 Å². The number of ether oxygens (including phenoxy) is 1. The molecular weight excluding hydrogens is 392 g/mol. The van der Waals surface area contributed by atoms with Crippen LogP contribution in [-0.4, -0.2) is 29.0 Å². The Bertz CT molecular complexity index is 920. The maximum absolute atomic E-state index is 13.4. The number of carbonyl (C=O) groups excluding carboxylic acids is 2. The summed E-state index contributed by atoms with van der Waals surface area (Å²) in [7, 11) is 0. The fraction of sp³-hybridized carbons (Fsp3) is 0.300. The van der Waals surface area contributed by atoms with Gasteiger partial charge in [0.05, 0.1) is 6.54 Å². The Labute approximate surface area is 164 Å². The molecule has 1 atom stereocenters. The van der Waals surface area contributed by atoms with Crippen LogP contribution in [0, 0.1) is 11.6 Å². The number of aryl methyl sites for hydroxylation is 1. The van der Waals surface area contributed by atoms with Crippen molar-refractivity contribution in [3.63, 3.8) is 0 Å². The first-order chi connectivity index (χ1) is 13.7. The quantitative estimate of drug-likeness (QED) is 0.554. The van der Waals surface area contributed by atoms with Crippen molar-refractivity contribution in [2.45, 2.75) is 38.5 Å². The van der Waals surface area contributed by atoms with Crippen molar-refractivity contribution in [1.29, 1.82) is 0 Å². The van der Waals surface area contributed by atoms with Gasteiger partial charge in [-0.3, -0.25) is 9.69 Å². The molecule has 9 heteroatoms. The SMILES string of the molecule is CC1(CCc2ccc(OC(F)F)cc2)NC(=O)N(Cc2ccc(F)c(F)c2)C1=O. The highest BCUT2D eigenvalue weighted by Gasteiger charge is 2.47. The molecule has 1 unspecified atom stereocenters. The lowest BCUT2D eigenvalue weighted by atomic mass is 9.93. The summed E-state index contributed by atoms with van der Waals surface area (Å²) in [5.41, 5.74) is -0.117. The molecule has 0 bridgehead atoms. The molecule has 1 fully saturated rings. The van der Waals surface area contributed by atoms with Crippen LogP contribution in [-0.2, 0) is 17.8 Å². The number of benzene rings is 2. The Hall–Kier alpha value is -3.10. The van der Waals surface area contributed by atoms with Gasteiger partial charge in [-0.2, -0.15) is 8.78 Å². The molecule has 3 amide bonds. The minimum absolute atomic E-state index is 0.0258. The summed E-state index contributed by atoms with van der Waals surface area (Å²) in [4.78, 5) is 26.0. The van der Waals surface area contributed by atoms with E-state index in [-0.39, 0.29) is 24.3 Å². The molecule has 0 saturated carbocycles. The lowest BCUT2D eigenvalue weighted by molar-refractivity contribution is -0.131. The van der Waals surface area contributed by atoms with Gasteiger partial charge < -0.3 is 10.1 Å². The maximum atomic E-state index is 13.4. The van der Waals surface area contributed by atoms with E-state index in [9.17, 15) is 27.2 Å². The normalized spacial score (nSPS) is 19.0. The minimum atomic E-state index is -2.91. The van der Waals surface area contributed by atoms with Crippen molar-refractivity contribution in [3.8, 4) is 5.75 Å². The molecule has 3 rings (SSSR count). The molecule has 1 aliphatic rings. The van der Waals surface area contributed by atoms with Gasteiger partial charge in [-0.1, -0.05) is 18.2 Å². The molecule has 1 aliphatic heterocycles. The number of hydrogen-bond donors (Lipinski definition) is 1. The molecule has 154 valence electrons. The van der Waals surface area contributed by atoms with Crippen molar-refractivity contribution in [1.82, 2.24) is 10.2 Å². The molecule has 1 N–H and O–H groups in total. The van der Waals surface area contributed by atoms with Crippen LogP contribution in [0.3, 0.4) is 0 Å². The smallest absolute Gasteiger partial charge is 0.387 e. The number of halogens is 4. The molecular formula is C20H18F4N2O3. The topological polar surface area (TPSA) is 58.6 Å². The van der Waals surface area contributed by atoms with Crippen molar-refractivity contribution >= 4 is 11.9 Å². The zero-order valence-electron chi connectivity index (χ0n) is 15.4. The van der Waals surface area contributed by atoms with Crippen LogP contribution in [0.5, 0.6) is 5.75 Å². The third-order valence-corrected chi connectivity index (χ3v) is 4.73. The van der Waals surface area contributed by atoms with E-state index < -0.39 is 35.7 Å². The number of carbonyl (C=O) groups is 2. The van der Waals surface area contributed by atoms with E-state index in [1.807, 2.05) is 0 Å². The Morgan fingerprint density at radius 1 is 1.03 bits per heavy atom. The van der Waals surface area contributed by atoms with Crippen LogP contribution in [0.25, 0.3) is 0 Å². The molecule has 0 spiro atoms. The van der Waals surface area contributed by atoms with Crippen LogP contribution in [0.15, 0.2) is 42.5 Å². The molecule has 0 radical (unpaired) electrons. The summed E-state index contributed by atoms with van der Waals surface area (Å²) in [5.74, 6) is -2.53. The Balaban J connectivity index is 1.64. The van der Waals surface area contributed by atoms with Crippen LogP contribution in [0.4, 0.5) is 22.4 Å². The molecule has 2 aromatic carbocycles. The second kappa shape index (κ2) is 8.10. The molecule has 0 aliphatic carbocycles. The first kappa shape index (κ1) is 20.6. The van der Waals surface area contributed by atoms with Gasteiger partial charge in [-0.15, -0.1) is 0 Å². The van der Waals surface area contributed by atoms with Gasteiger partial charge in [0.1, 0.15) is 11.3 Å². The van der Waals surface area contributed by atoms with E-state index in [0.29, 0.717) is 6.42 Å². The standard InChI is InChI=1S/C20H18F4N2O3/c1-20(9-8-12-2-5-14(6-3-12)29-18(23)24)17(27)26(19(28)25-20)11-13-4-7-15(21)16(22)10-13/h2-7,10,18H,8-9,11H2,1H3,(H,25,28). The van der Waals surface area contributed by atoms with Gasteiger partial charge in [-0.05, 0) is 55.2 Å². The summed E-state index contributed by atoms with van der Waals surface area (Å²) >= 11 is 0. The maximum Gasteiger partial charge on any atom is 0.387 e. The number of nitrogens with one attached hydrogen (secondary N) is 1. The highest BCUT2D eigenvalue weighted by molar-refractivity contribution is 6.06. The van der Waals surface area contributed by atoms with E-state index in [2.05, 4.69) is 10.1 Å². The van der Waals surface area contributed by atoms with Crippen molar-refractivity contribution in [2.75, 3.05) is 0 Å². The lowest BCUT2D eigenvalue weighted by Gasteiger charge is -2.21. The highest BCUT2D eigenvalue weighted by Crippen LogP contribution is 2.26. The van der Waals surface area contributed by atoms with E-state index in [1.165, 1.54) is 18.2 Å². The number of amides is 3. The van der Waals surface area contributed by atoms with Gasteiger partial charge in [0.15, 0.2) is 11.6 Å². The number of imide groups is 1. The van der Waals surface area contributed by atoms with E-state index >= 15 is 0 Å². The summed E-state index contributed by atoms with van der Waals surface area (Å²) in [6, 6.07) is 8.55. The van der Waals surface area contributed by atoms with Crippen LogP contribution in [0.1, 0.15) is 24.5 Å². The second-order valence-corrected chi connectivity index (χ2v) is 6.92. The number of alkyl halides is 2. The summed E-state index contributed by atoms with van der Waals surface area (Å²) in [5, 5.41) is 2.63. The van der Waals surface area contributed by atoms with E-state index in [0.717, 1.165) is 22.6 Å². The van der Waals surface area contributed by atoms with Crippen LogP contribution < -0.4 is 10.1 Å². The summed E-state index contributed by atoms with van der Waals surface area (Å²) in [6.45, 7) is -1.52. The number of hydrogen-bond acceptors (Lipinski definition) is 3. The number of nitrogens with zero attached hydrogens (tertiary/aromatic N) is 1. The minimum Gasteiger partial charge on any atom is -0.435 e. The molecule has 29 heavy (non-hydrogen) atoms. The molecule has 5 nitrogen and oxygen atoms in total. The average molecular weight is 410 g/mol. The predicted octanol–water partition coefficient (Wildman–Crippen LogP) is 4.01. The first-order valence-electron chi connectivity index (χ1n) is 8.80. The lowest BCUT2D eigenvalue weighted by Crippen LogP contribution is -2.44. The Kier molecular flexibility index (Phi) is 5.76. The Morgan fingerprint density at radius 3 is 2.31 bits per heavy atom. The number of urea groups is 1. The van der Waals surface area contributed by atoms with Gasteiger partial charge in [-0.25, -0.2) is 13.6 Å². The van der Waals surface area contributed by atoms with Crippen molar-refractivity contribution < 1.29 is 31.9 Å². The van der Waals surface area contributed by atoms with Crippen molar-refractivity contribution in [2.24, 2.45) is 0 Å². The predicted molar refractivity (Wildman–Crippen MR) is 95.2 cm³/mol. The molecule has 1 saturated heterocycles. The Morgan fingerprint density at radius 2 is 1.69 bits per heavy atom. The fourth-order valence-electron chi connectivity index (χ4n) is 3.11. The van der Waals surface area contributed by atoms with Crippen LogP contribution >= 0.6 is 0 Å². The van der Waals surface area contributed by atoms with E-state index in [4.69, 9.17) is 0 Å². The zero-order chi connectivity index (χ0) is 21.2. The second-order valence-electron chi connectivity index (χ2n) is 6.92. The number of rotatable bonds is 7. The van der Waals surface area contributed by atoms with Crippen LogP contribution in [0.2, 0.25) is 0 Å². The third-order valence-electron chi connectivity index (χ3n) is 4.73. The largest absolute Gasteiger partial charge is 0.435 e. The third kappa shape index (κ3) is 4.67. The summed E-state index contributed by atoms with van der Waals surface area (Å²) < 4.78 is 55.1. The van der Waals surface area contributed by atoms with Gasteiger partial charge >= 0.3 is 12.6 Å². The first-order valence-corrected chi connectivity index (χ1v) is 8.80. The van der Waals surface area contributed by atoms with Gasteiger partial charge in [0.2, 0.25) is 0 Å². The van der Waals surface area contributed by atoms with Gasteiger partial charge in [0, 0.05) is 0 Å². The average Bonchev–Trinajstić information content (AvgIpc) is 2.87. The van der Waals surface area contributed by atoms with Gasteiger partial charge in [0.25, 0.3) is 5.91 Å². The zero-order valence-corrected chi connectivity index (χ0v) is 15.4. The molecule has 1 heterocycles. The van der Waals surface area contributed by atoms with E-state index in [1.54, 1.807) is 19.1 Å². The molecule has 2 aromatic rings. The highest BCUT2D eigenvalue weighted by atomic mass is 19.3.